The van der Waals surface area contributed by atoms with Gasteiger partial charge in [-0.1, -0.05) is 54.6 Å². The smallest absolute Gasteiger partial charge is 0.274 e. The van der Waals surface area contributed by atoms with E-state index >= 15 is 0 Å². The number of alkyl halides is 6. The normalized spacial score (nSPS) is 14.1. The fourth-order valence-corrected chi connectivity index (χ4v) is 4.15. The fourth-order valence-electron chi connectivity index (χ4n) is 4.15. The fraction of sp³-hybridized carbons (Fsp3) is 0.185. The molecule has 4 rings (SSSR count). The zero-order chi connectivity index (χ0) is 26.1. The number of carbonyl (C=O) groups excluding carboxylic acids is 2. The van der Waals surface area contributed by atoms with Crippen LogP contribution in [-0.2, 0) is 18.8 Å². The summed E-state index contributed by atoms with van der Waals surface area (Å²) in [4.78, 5) is 26.1. The van der Waals surface area contributed by atoms with Gasteiger partial charge in [-0.3, -0.25) is 14.5 Å². The Kier molecular flexibility index (Phi) is 6.75. The van der Waals surface area contributed by atoms with E-state index in [9.17, 15) is 35.9 Å². The molecule has 0 radical (unpaired) electrons. The number of benzene rings is 3. The minimum Gasteiger partial charge on any atom is -0.274 e. The maximum Gasteiger partial charge on any atom is 0.417 e. The van der Waals surface area contributed by atoms with Crippen molar-refractivity contribution in [1.29, 1.82) is 0 Å². The number of hydrogen-bond acceptors (Lipinski definition) is 2. The first-order chi connectivity index (χ1) is 17.0. The van der Waals surface area contributed by atoms with Crippen LogP contribution in [0.25, 0.3) is 12.2 Å². The summed E-state index contributed by atoms with van der Waals surface area (Å²) in [5.41, 5.74) is -1.81. The molecule has 0 aromatic heterocycles. The molecule has 0 fully saturated rings. The van der Waals surface area contributed by atoms with Gasteiger partial charge in [0.25, 0.3) is 11.8 Å². The van der Waals surface area contributed by atoms with Gasteiger partial charge in [-0.15, -0.1) is 0 Å². The number of aryl methyl sites for hydroxylation is 1. The first kappa shape index (κ1) is 25.2. The number of halogens is 6. The van der Waals surface area contributed by atoms with Gasteiger partial charge in [0.05, 0.1) is 22.3 Å². The maximum atomic E-state index is 13.4. The second kappa shape index (κ2) is 9.64. The number of hydrogen-bond donors (Lipinski definition) is 0. The Balaban J connectivity index is 1.49. The molecule has 1 heterocycles. The van der Waals surface area contributed by atoms with Crippen molar-refractivity contribution < 1.29 is 35.9 Å². The maximum absolute atomic E-state index is 13.4. The summed E-state index contributed by atoms with van der Waals surface area (Å²) in [7, 11) is 0. The van der Waals surface area contributed by atoms with Crippen LogP contribution < -0.4 is 0 Å². The van der Waals surface area contributed by atoms with E-state index in [1.54, 1.807) is 48.5 Å². The summed E-state index contributed by atoms with van der Waals surface area (Å²) in [6, 6.07) is 15.1. The lowest BCUT2D eigenvalue weighted by Gasteiger charge is -2.16. The van der Waals surface area contributed by atoms with E-state index in [0.717, 1.165) is 17.7 Å². The molecular weight excluding hydrogens is 484 g/mol. The SMILES string of the molecule is O=C1c2ccccc2C(=O)N1CCCc1cccc(C=Cc2c(C(F)(F)F)cccc2C(F)(F)F)c1. The zero-order valence-corrected chi connectivity index (χ0v) is 18.7. The molecule has 2 amide bonds. The highest BCUT2D eigenvalue weighted by Gasteiger charge is 2.39. The summed E-state index contributed by atoms with van der Waals surface area (Å²) in [5, 5.41) is 0. The predicted molar refractivity (Wildman–Crippen MR) is 122 cm³/mol. The lowest BCUT2D eigenvalue weighted by atomic mass is 9.98. The molecular formula is C27H19F6NO2. The highest BCUT2D eigenvalue weighted by Crippen LogP contribution is 2.40. The molecule has 0 bridgehead atoms. The second-order valence-corrected chi connectivity index (χ2v) is 8.25. The summed E-state index contributed by atoms with van der Waals surface area (Å²) in [6.07, 6.45) is -6.99. The Morgan fingerprint density at radius 3 is 1.81 bits per heavy atom. The van der Waals surface area contributed by atoms with Crippen LogP contribution in [0.15, 0.2) is 66.7 Å². The Labute approximate surface area is 202 Å². The van der Waals surface area contributed by atoms with Crippen LogP contribution in [0.3, 0.4) is 0 Å². The van der Waals surface area contributed by atoms with Gasteiger partial charge in [0, 0.05) is 6.54 Å². The van der Waals surface area contributed by atoms with Crippen molar-refractivity contribution in [3.8, 4) is 0 Å². The Hall–Kier alpha value is -3.88. The number of carbonyl (C=O) groups is 2. The van der Waals surface area contributed by atoms with Crippen LogP contribution >= 0.6 is 0 Å². The van der Waals surface area contributed by atoms with E-state index in [2.05, 4.69) is 0 Å². The van der Waals surface area contributed by atoms with Crippen molar-refractivity contribution in [3.05, 3.63) is 106 Å². The highest BCUT2D eigenvalue weighted by molar-refractivity contribution is 6.21. The van der Waals surface area contributed by atoms with Crippen LogP contribution in [0.2, 0.25) is 0 Å². The monoisotopic (exact) mass is 503 g/mol. The predicted octanol–water partition coefficient (Wildman–Crippen LogP) is 7.12. The molecule has 0 saturated carbocycles. The first-order valence-electron chi connectivity index (χ1n) is 11.0. The molecule has 186 valence electrons. The molecule has 1 aliphatic rings. The third-order valence-corrected chi connectivity index (χ3v) is 5.84. The van der Waals surface area contributed by atoms with Crippen molar-refractivity contribution >= 4 is 24.0 Å². The molecule has 0 saturated heterocycles. The molecule has 0 atom stereocenters. The van der Waals surface area contributed by atoms with E-state index in [1.165, 1.54) is 11.0 Å². The highest BCUT2D eigenvalue weighted by atomic mass is 19.4. The largest absolute Gasteiger partial charge is 0.417 e. The van der Waals surface area contributed by atoms with Crippen LogP contribution in [-0.4, -0.2) is 23.3 Å². The standard InChI is InChI=1S/C27H19F6NO2/c28-26(29,30)22-11-4-12-23(27(31,32)33)21(22)14-13-18-7-3-6-17(16-18)8-5-15-34-24(35)19-9-1-2-10-20(19)25(34)36/h1-4,6-7,9-14,16H,5,8,15H2. The summed E-state index contributed by atoms with van der Waals surface area (Å²) < 4.78 is 80.2. The van der Waals surface area contributed by atoms with Crippen molar-refractivity contribution in [2.45, 2.75) is 25.2 Å². The number of amides is 2. The van der Waals surface area contributed by atoms with Gasteiger partial charge < -0.3 is 0 Å². The van der Waals surface area contributed by atoms with Crippen molar-refractivity contribution in [1.82, 2.24) is 4.90 Å². The molecule has 1 aliphatic heterocycles. The van der Waals surface area contributed by atoms with E-state index in [1.807, 2.05) is 0 Å². The first-order valence-corrected chi connectivity index (χ1v) is 11.0. The summed E-state index contributed by atoms with van der Waals surface area (Å²) >= 11 is 0. The molecule has 0 unspecified atom stereocenters. The number of nitrogens with zero attached hydrogens (tertiary/aromatic N) is 1. The summed E-state index contributed by atoms with van der Waals surface area (Å²) in [5.74, 6) is -0.729. The van der Waals surface area contributed by atoms with Crippen LogP contribution in [0.4, 0.5) is 26.3 Å². The van der Waals surface area contributed by atoms with Gasteiger partial charge in [-0.25, -0.2) is 0 Å². The van der Waals surface area contributed by atoms with Crippen molar-refractivity contribution in [3.63, 3.8) is 0 Å². The minimum atomic E-state index is -4.95. The zero-order valence-electron chi connectivity index (χ0n) is 18.7. The lowest BCUT2D eigenvalue weighted by molar-refractivity contribution is -0.143. The average molecular weight is 503 g/mol. The van der Waals surface area contributed by atoms with Crippen molar-refractivity contribution in [2.24, 2.45) is 0 Å². The van der Waals surface area contributed by atoms with Gasteiger partial charge in [-0.05, 0) is 53.8 Å². The molecule has 36 heavy (non-hydrogen) atoms. The number of fused-ring (bicyclic) bond motifs is 1. The van der Waals surface area contributed by atoms with Gasteiger partial charge >= 0.3 is 12.4 Å². The Morgan fingerprint density at radius 1 is 0.694 bits per heavy atom. The Morgan fingerprint density at radius 2 is 1.25 bits per heavy atom. The van der Waals surface area contributed by atoms with Gasteiger partial charge in [0.15, 0.2) is 0 Å². The molecule has 0 aliphatic carbocycles. The van der Waals surface area contributed by atoms with Crippen molar-refractivity contribution in [2.75, 3.05) is 6.54 Å². The van der Waals surface area contributed by atoms with Crippen LogP contribution in [0, 0.1) is 0 Å². The molecule has 9 heteroatoms. The number of rotatable bonds is 6. The lowest BCUT2D eigenvalue weighted by Crippen LogP contribution is -2.30. The molecule has 3 aromatic carbocycles. The van der Waals surface area contributed by atoms with Crippen LogP contribution in [0.1, 0.15) is 55.0 Å². The molecule has 0 N–H and O–H groups in total. The van der Waals surface area contributed by atoms with E-state index in [-0.39, 0.29) is 18.4 Å². The third-order valence-electron chi connectivity index (χ3n) is 5.84. The minimum absolute atomic E-state index is 0.181. The second-order valence-electron chi connectivity index (χ2n) is 8.25. The van der Waals surface area contributed by atoms with E-state index in [0.29, 0.717) is 41.7 Å². The quantitative estimate of drug-likeness (QED) is 0.204. The Bertz CT molecular complexity index is 1270. The van der Waals surface area contributed by atoms with Gasteiger partial charge in [-0.2, -0.15) is 26.3 Å². The van der Waals surface area contributed by atoms with E-state index < -0.39 is 29.0 Å². The third kappa shape index (κ3) is 5.19. The van der Waals surface area contributed by atoms with Gasteiger partial charge in [0.2, 0.25) is 0 Å². The van der Waals surface area contributed by atoms with Crippen LogP contribution in [0.5, 0.6) is 0 Å². The van der Waals surface area contributed by atoms with Gasteiger partial charge in [0.1, 0.15) is 0 Å². The topological polar surface area (TPSA) is 37.4 Å². The average Bonchev–Trinajstić information content (AvgIpc) is 3.07. The molecule has 3 nitrogen and oxygen atoms in total. The molecule has 0 spiro atoms. The summed E-state index contributed by atoms with van der Waals surface area (Å²) in [6.45, 7) is 0.181. The number of imide groups is 1. The molecule has 3 aromatic rings. The van der Waals surface area contributed by atoms with E-state index in [4.69, 9.17) is 0 Å².